The van der Waals surface area contributed by atoms with E-state index < -0.39 is 14.8 Å². The molecule has 2 N–H and O–H groups in total. The van der Waals surface area contributed by atoms with Crippen LogP contribution in [0.1, 0.15) is 32.6 Å². The van der Waals surface area contributed by atoms with Crippen molar-refractivity contribution >= 4 is 10.0 Å². The molecule has 2 aliphatic rings. The Labute approximate surface area is 85.5 Å². The van der Waals surface area contributed by atoms with E-state index in [4.69, 9.17) is 5.73 Å². The lowest BCUT2D eigenvalue weighted by atomic mass is 10.1. The van der Waals surface area contributed by atoms with Gasteiger partial charge in [0.1, 0.15) is 0 Å². The van der Waals surface area contributed by atoms with Crippen LogP contribution in [0.3, 0.4) is 0 Å². The van der Waals surface area contributed by atoms with Crippen molar-refractivity contribution in [3.63, 3.8) is 0 Å². The summed E-state index contributed by atoms with van der Waals surface area (Å²) in [5.41, 5.74) is 5.74. The number of hydrogen-bond acceptors (Lipinski definition) is 3. The van der Waals surface area contributed by atoms with Crippen LogP contribution in [-0.4, -0.2) is 36.6 Å². The average molecular weight is 218 g/mol. The number of piperidine rings is 1. The lowest BCUT2D eigenvalue weighted by Crippen LogP contribution is -2.46. The Hall–Kier alpha value is -0.130. The van der Waals surface area contributed by atoms with E-state index in [9.17, 15) is 8.42 Å². The molecule has 1 aliphatic carbocycles. The van der Waals surface area contributed by atoms with Crippen molar-refractivity contribution < 1.29 is 8.42 Å². The topological polar surface area (TPSA) is 63.4 Å². The summed E-state index contributed by atoms with van der Waals surface area (Å²) >= 11 is 0. The molecule has 0 amide bonds. The van der Waals surface area contributed by atoms with Crippen molar-refractivity contribution in [2.45, 2.75) is 43.4 Å². The van der Waals surface area contributed by atoms with Crippen molar-refractivity contribution in [3.8, 4) is 0 Å². The van der Waals surface area contributed by atoms with E-state index in [-0.39, 0.29) is 6.04 Å². The standard InChI is InChI=1S/C9H18N2O2S/c1-9(4-5-9)14(12,13)11-6-2-8(10)3-7-11/h8H,2-7,10H2,1H3. The van der Waals surface area contributed by atoms with Gasteiger partial charge < -0.3 is 5.73 Å². The minimum Gasteiger partial charge on any atom is -0.328 e. The first-order valence-corrected chi connectivity index (χ1v) is 6.65. The molecule has 2 rings (SSSR count). The van der Waals surface area contributed by atoms with E-state index in [1.807, 2.05) is 6.92 Å². The fourth-order valence-corrected chi connectivity index (χ4v) is 3.79. The van der Waals surface area contributed by atoms with Gasteiger partial charge in [-0.3, -0.25) is 0 Å². The number of hydrogen-bond donors (Lipinski definition) is 1. The zero-order valence-corrected chi connectivity index (χ0v) is 9.39. The van der Waals surface area contributed by atoms with Crippen LogP contribution >= 0.6 is 0 Å². The maximum Gasteiger partial charge on any atom is 0.219 e. The summed E-state index contributed by atoms with van der Waals surface area (Å²) in [4.78, 5) is 0. The van der Waals surface area contributed by atoms with Gasteiger partial charge in [-0.15, -0.1) is 0 Å². The second kappa shape index (κ2) is 3.18. The molecule has 0 aromatic carbocycles. The van der Waals surface area contributed by atoms with Gasteiger partial charge in [0.15, 0.2) is 0 Å². The summed E-state index contributed by atoms with van der Waals surface area (Å²) < 4.78 is 25.3. The van der Waals surface area contributed by atoms with Crippen LogP contribution in [0.25, 0.3) is 0 Å². The zero-order chi connectivity index (χ0) is 10.4. The summed E-state index contributed by atoms with van der Waals surface area (Å²) in [6, 6.07) is 0.188. The van der Waals surface area contributed by atoms with Crippen molar-refractivity contribution in [3.05, 3.63) is 0 Å². The van der Waals surface area contributed by atoms with E-state index in [0.717, 1.165) is 25.7 Å². The van der Waals surface area contributed by atoms with Crippen molar-refractivity contribution in [2.24, 2.45) is 5.73 Å². The third kappa shape index (κ3) is 1.57. The molecule has 1 saturated carbocycles. The molecule has 0 aromatic heterocycles. The van der Waals surface area contributed by atoms with Crippen LogP contribution in [0.15, 0.2) is 0 Å². The fourth-order valence-electron chi connectivity index (χ4n) is 1.86. The third-order valence-electron chi connectivity index (χ3n) is 3.42. The highest BCUT2D eigenvalue weighted by Gasteiger charge is 2.52. The first-order chi connectivity index (χ1) is 6.46. The summed E-state index contributed by atoms with van der Waals surface area (Å²) in [5, 5.41) is 0. The fraction of sp³-hybridized carbons (Fsp3) is 1.00. The third-order valence-corrected chi connectivity index (χ3v) is 6.11. The van der Waals surface area contributed by atoms with E-state index >= 15 is 0 Å². The molecule has 0 atom stereocenters. The van der Waals surface area contributed by atoms with Crippen molar-refractivity contribution in [1.29, 1.82) is 0 Å². The molecule has 0 radical (unpaired) electrons. The predicted molar refractivity (Wildman–Crippen MR) is 55.3 cm³/mol. The Balaban J connectivity index is 2.08. The molecule has 4 nitrogen and oxygen atoms in total. The van der Waals surface area contributed by atoms with Crippen LogP contribution in [0.5, 0.6) is 0 Å². The SMILES string of the molecule is CC1(S(=O)(=O)N2CCC(N)CC2)CC1. The van der Waals surface area contributed by atoms with Gasteiger partial charge in [-0.2, -0.15) is 0 Å². The highest BCUT2D eigenvalue weighted by atomic mass is 32.2. The van der Waals surface area contributed by atoms with E-state index in [1.54, 1.807) is 4.31 Å². The van der Waals surface area contributed by atoms with E-state index in [0.29, 0.717) is 13.1 Å². The van der Waals surface area contributed by atoms with Gasteiger partial charge in [0.05, 0.1) is 4.75 Å². The van der Waals surface area contributed by atoms with Gasteiger partial charge in [0.2, 0.25) is 10.0 Å². The quantitative estimate of drug-likeness (QED) is 0.724. The highest BCUT2D eigenvalue weighted by Crippen LogP contribution is 2.44. The Bertz CT molecular complexity index is 314. The molecule has 0 bridgehead atoms. The summed E-state index contributed by atoms with van der Waals surface area (Å²) in [6.45, 7) is 3.06. The number of nitrogens with zero attached hydrogens (tertiary/aromatic N) is 1. The molecule has 1 heterocycles. The normalized spacial score (nSPS) is 29.0. The zero-order valence-electron chi connectivity index (χ0n) is 8.57. The van der Waals surface area contributed by atoms with Crippen LogP contribution in [0, 0.1) is 0 Å². The van der Waals surface area contributed by atoms with Crippen LogP contribution in [0.4, 0.5) is 0 Å². The maximum atomic E-state index is 12.1. The van der Waals surface area contributed by atoms with Crippen LogP contribution < -0.4 is 5.73 Å². The molecule has 82 valence electrons. The largest absolute Gasteiger partial charge is 0.328 e. The molecule has 0 aromatic rings. The molecule has 14 heavy (non-hydrogen) atoms. The molecule has 2 fully saturated rings. The maximum absolute atomic E-state index is 12.1. The van der Waals surface area contributed by atoms with E-state index in [2.05, 4.69) is 0 Å². The number of rotatable bonds is 2. The van der Waals surface area contributed by atoms with Gasteiger partial charge in [-0.1, -0.05) is 0 Å². The van der Waals surface area contributed by atoms with Gasteiger partial charge >= 0.3 is 0 Å². The Morgan fingerprint density at radius 2 is 1.79 bits per heavy atom. The van der Waals surface area contributed by atoms with E-state index in [1.165, 1.54) is 0 Å². The molecule has 5 heteroatoms. The van der Waals surface area contributed by atoms with Crippen molar-refractivity contribution in [1.82, 2.24) is 4.31 Å². The molecular formula is C9H18N2O2S. The Morgan fingerprint density at radius 1 is 1.29 bits per heavy atom. The van der Waals surface area contributed by atoms with Gasteiger partial charge in [0.25, 0.3) is 0 Å². The van der Waals surface area contributed by atoms with Crippen LogP contribution in [0.2, 0.25) is 0 Å². The lowest BCUT2D eigenvalue weighted by Gasteiger charge is -2.31. The molecule has 1 aliphatic heterocycles. The van der Waals surface area contributed by atoms with Gasteiger partial charge in [-0.05, 0) is 32.6 Å². The summed E-state index contributed by atoms with van der Waals surface area (Å²) in [5.74, 6) is 0. The van der Waals surface area contributed by atoms with Crippen LogP contribution in [-0.2, 0) is 10.0 Å². The first-order valence-electron chi connectivity index (χ1n) is 5.21. The number of sulfonamides is 1. The Morgan fingerprint density at radius 3 is 2.21 bits per heavy atom. The van der Waals surface area contributed by atoms with Crippen molar-refractivity contribution in [2.75, 3.05) is 13.1 Å². The number of nitrogens with two attached hydrogens (primary N) is 1. The highest BCUT2D eigenvalue weighted by molar-refractivity contribution is 7.90. The second-order valence-corrected chi connectivity index (χ2v) is 7.14. The first kappa shape index (κ1) is 10.4. The molecule has 1 saturated heterocycles. The Kier molecular flexibility index (Phi) is 2.36. The minimum atomic E-state index is -3.03. The lowest BCUT2D eigenvalue weighted by molar-refractivity contribution is 0.316. The molecular weight excluding hydrogens is 200 g/mol. The smallest absolute Gasteiger partial charge is 0.219 e. The van der Waals surface area contributed by atoms with Gasteiger partial charge in [0, 0.05) is 19.1 Å². The average Bonchev–Trinajstić information content (AvgIpc) is 2.86. The summed E-state index contributed by atoms with van der Waals surface area (Å²) in [6.07, 6.45) is 3.24. The molecule has 0 unspecified atom stereocenters. The second-order valence-electron chi connectivity index (χ2n) is 4.69. The monoisotopic (exact) mass is 218 g/mol. The van der Waals surface area contributed by atoms with Gasteiger partial charge in [-0.25, -0.2) is 12.7 Å². The predicted octanol–water partition coefficient (Wildman–Crippen LogP) is 0.292. The minimum absolute atomic E-state index is 0.188. The summed E-state index contributed by atoms with van der Waals surface area (Å²) in [7, 11) is -3.03. The molecule has 0 spiro atoms.